The van der Waals surface area contributed by atoms with Gasteiger partial charge in [-0.25, -0.2) is 0 Å². The quantitative estimate of drug-likeness (QED) is 0.750. The van der Waals surface area contributed by atoms with Gasteiger partial charge in [-0.3, -0.25) is 19.3 Å². The maximum Gasteiger partial charge on any atom is 0.256 e. The largest absolute Gasteiger partial charge is 0.376 e. The van der Waals surface area contributed by atoms with Gasteiger partial charge in [0.15, 0.2) is 0 Å². The lowest BCUT2D eigenvalue weighted by Gasteiger charge is -2.44. The molecule has 0 radical (unpaired) electrons. The van der Waals surface area contributed by atoms with E-state index >= 15 is 0 Å². The highest BCUT2D eigenvalue weighted by atomic mass is 16.5. The highest BCUT2D eigenvalue weighted by Gasteiger charge is 2.54. The van der Waals surface area contributed by atoms with Crippen molar-refractivity contribution in [3.8, 4) is 0 Å². The number of carbonyl (C=O) groups is 3. The van der Waals surface area contributed by atoms with Gasteiger partial charge in [-0.15, -0.1) is 0 Å². The van der Waals surface area contributed by atoms with Crippen LogP contribution in [0.15, 0.2) is 30.3 Å². The number of benzene rings is 1. The topological polar surface area (TPSA) is 88.2 Å². The normalized spacial score (nSPS) is 24.8. The van der Waals surface area contributed by atoms with Crippen LogP contribution in [0.1, 0.15) is 49.9 Å². The van der Waals surface area contributed by atoms with Crippen molar-refractivity contribution < 1.29 is 23.9 Å². The average Bonchev–Trinajstić information content (AvgIpc) is 3.46. The third-order valence-corrected chi connectivity index (χ3v) is 6.68. The van der Waals surface area contributed by atoms with Gasteiger partial charge in [-0.2, -0.15) is 0 Å². The molecule has 1 aromatic rings. The molecule has 8 nitrogen and oxygen atoms in total. The Bertz CT molecular complexity index is 829. The van der Waals surface area contributed by atoms with E-state index in [9.17, 15) is 14.4 Å². The van der Waals surface area contributed by atoms with Crippen LogP contribution in [0.25, 0.3) is 0 Å². The van der Waals surface area contributed by atoms with Crippen molar-refractivity contribution in [1.29, 1.82) is 0 Å². The molecule has 3 heterocycles. The van der Waals surface area contributed by atoms with E-state index in [4.69, 9.17) is 9.47 Å². The fourth-order valence-corrected chi connectivity index (χ4v) is 4.87. The second-order valence-electron chi connectivity index (χ2n) is 9.17. The number of hydrogen-bond acceptors (Lipinski definition) is 5. The molecule has 0 bridgehead atoms. The molecule has 3 saturated heterocycles. The van der Waals surface area contributed by atoms with Gasteiger partial charge in [0, 0.05) is 50.6 Å². The average molecular weight is 444 g/mol. The van der Waals surface area contributed by atoms with E-state index in [2.05, 4.69) is 5.32 Å². The van der Waals surface area contributed by atoms with E-state index in [-0.39, 0.29) is 36.4 Å². The molecule has 8 heteroatoms. The molecule has 2 unspecified atom stereocenters. The first-order valence-corrected chi connectivity index (χ1v) is 11.6. The predicted molar refractivity (Wildman–Crippen MR) is 118 cm³/mol. The summed E-state index contributed by atoms with van der Waals surface area (Å²) in [5.41, 5.74) is -0.359. The Morgan fingerprint density at radius 1 is 1.16 bits per heavy atom. The molecule has 3 fully saturated rings. The third-order valence-electron chi connectivity index (χ3n) is 6.68. The maximum absolute atomic E-state index is 13.6. The Morgan fingerprint density at radius 2 is 1.88 bits per heavy atom. The first-order valence-electron chi connectivity index (χ1n) is 11.6. The lowest BCUT2D eigenvalue weighted by molar-refractivity contribution is -0.146. The molecule has 174 valence electrons. The van der Waals surface area contributed by atoms with Crippen molar-refractivity contribution in [2.75, 3.05) is 32.8 Å². The maximum atomic E-state index is 13.6. The van der Waals surface area contributed by atoms with Crippen LogP contribution in [-0.2, 0) is 19.1 Å². The Morgan fingerprint density at radius 3 is 2.50 bits per heavy atom. The number of piperidine rings is 1. The number of likely N-dealkylation sites (tertiary alicyclic amines) is 1. The van der Waals surface area contributed by atoms with Gasteiger partial charge < -0.3 is 19.7 Å². The van der Waals surface area contributed by atoms with Gasteiger partial charge in [-0.1, -0.05) is 32.0 Å². The number of carbonyl (C=O) groups excluding carboxylic acids is 3. The number of rotatable bonds is 5. The molecule has 0 aromatic heterocycles. The number of hydrogen-bond donors (Lipinski definition) is 1. The zero-order chi connectivity index (χ0) is 22.7. The van der Waals surface area contributed by atoms with E-state index in [0.717, 1.165) is 19.4 Å². The molecule has 2 atom stereocenters. The Kier molecular flexibility index (Phi) is 6.81. The number of ether oxygens (including phenoxy) is 2. The molecule has 4 rings (SSSR count). The first-order chi connectivity index (χ1) is 15.4. The third kappa shape index (κ3) is 4.52. The summed E-state index contributed by atoms with van der Waals surface area (Å²) in [5, 5.41) is 2.96. The molecular weight excluding hydrogens is 410 g/mol. The summed E-state index contributed by atoms with van der Waals surface area (Å²) in [6.45, 7) is 6.08. The lowest BCUT2D eigenvalue weighted by Crippen LogP contribution is -2.60. The van der Waals surface area contributed by atoms with Crippen molar-refractivity contribution in [2.24, 2.45) is 5.92 Å². The summed E-state index contributed by atoms with van der Waals surface area (Å²) in [6, 6.07) is 8.28. The van der Waals surface area contributed by atoms with E-state index < -0.39 is 11.8 Å². The number of nitrogens with one attached hydrogen (secondary N) is 1. The molecule has 1 spiro atoms. The van der Waals surface area contributed by atoms with Crippen LogP contribution in [0.5, 0.6) is 0 Å². The highest BCUT2D eigenvalue weighted by Crippen LogP contribution is 2.38. The molecule has 0 aliphatic carbocycles. The molecule has 3 aliphatic rings. The molecule has 3 amide bonds. The van der Waals surface area contributed by atoms with Crippen molar-refractivity contribution in [3.63, 3.8) is 0 Å². The Hall–Kier alpha value is -2.45. The van der Waals surface area contributed by atoms with Gasteiger partial charge in [0.25, 0.3) is 5.91 Å². The van der Waals surface area contributed by atoms with Crippen LogP contribution in [0.2, 0.25) is 0 Å². The van der Waals surface area contributed by atoms with Gasteiger partial charge in [-0.05, 0) is 25.0 Å². The minimum absolute atomic E-state index is 0.0267. The van der Waals surface area contributed by atoms with Crippen molar-refractivity contribution in [1.82, 2.24) is 15.1 Å². The molecular formula is C24H33N3O5. The fraction of sp³-hybridized carbons (Fsp3) is 0.625. The van der Waals surface area contributed by atoms with Gasteiger partial charge >= 0.3 is 0 Å². The second kappa shape index (κ2) is 9.58. The Labute approximate surface area is 189 Å². The summed E-state index contributed by atoms with van der Waals surface area (Å²) < 4.78 is 11.8. The Balaban J connectivity index is 1.53. The van der Waals surface area contributed by atoms with E-state index in [1.165, 1.54) is 0 Å². The molecule has 32 heavy (non-hydrogen) atoms. The number of nitrogens with zero attached hydrogens (tertiary/aromatic N) is 2. The van der Waals surface area contributed by atoms with Gasteiger partial charge in [0.05, 0.1) is 12.7 Å². The van der Waals surface area contributed by atoms with Crippen LogP contribution in [0, 0.1) is 5.92 Å². The molecule has 0 saturated carbocycles. The summed E-state index contributed by atoms with van der Waals surface area (Å²) in [4.78, 5) is 42.6. The summed E-state index contributed by atoms with van der Waals surface area (Å²) in [6.07, 6.45) is 2.93. The van der Waals surface area contributed by atoms with Crippen LogP contribution in [0.3, 0.4) is 0 Å². The number of amides is 3. The van der Waals surface area contributed by atoms with Gasteiger partial charge in [0.1, 0.15) is 11.8 Å². The highest BCUT2D eigenvalue weighted by molar-refractivity contribution is 5.98. The summed E-state index contributed by atoms with van der Waals surface area (Å²) in [5.74, 6) is -0.414. The van der Waals surface area contributed by atoms with Crippen molar-refractivity contribution >= 4 is 17.7 Å². The van der Waals surface area contributed by atoms with Crippen LogP contribution in [-0.4, -0.2) is 78.2 Å². The van der Waals surface area contributed by atoms with Crippen molar-refractivity contribution in [2.45, 2.75) is 57.4 Å². The summed E-state index contributed by atoms with van der Waals surface area (Å²) in [7, 11) is 0. The standard InChI is InChI=1S/C24H33N3O5/c1-17(2)22(29)26-12-10-24(11-13-26)27(23(30)18-7-4-3-5-8-18)20(16-32-24)21(28)25-15-19-9-6-14-31-19/h3-5,7-8,17,19-20H,6,9-16H2,1-2H3,(H,25,28). The molecule has 3 aliphatic heterocycles. The van der Waals surface area contributed by atoms with E-state index in [1.807, 2.05) is 36.9 Å². The van der Waals surface area contributed by atoms with Crippen LogP contribution >= 0.6 is 0 Å². The van der Waals surface area contributed by atoms with Gasteiger partial charge in [0.2, 0.25) is 11.8 Å². The predicted octanol–water partition coefficient (Wildman–Crippen LogP) is 1.80. The van der Waals surface area contributed by atoms with E-state index in [1.54, 1.807) is 17.0 Å². The van der Waals surface area contributed by atoms with Crippen molar-refractivity contribution in [3.05, 3.63) is 35.9 Å². The zero-order valence-corrected chi connectivity index (χ0v) is 18.9. The SMILES string of the molecule is CC(C)C(=O)N1CCC2(CC1)OCC(C(=O)NCC1CCCO1)N2C(=O)c1ccccc1. The van der Waals surface area contributed by atoms with E-state index in [0.29, 0.717) is 38.0 Å². The molecule has 1 aromatic carbocycles. The van der Waals surface area contributed by atoms with Crippen LogP contribution in [0.4, 0.5) is 0 Å². The smallest absolute Gasteiger partial charge is 0.256 e. The van der Waals surface area contributed by atoms with Crippen LogP contribution < -0.4 is 5.32 Å². The minimum Gasteiger partial charge on any atom is -0.376 e. The molecule has 1 N–H and O–H groups in total. The monoisotopic (exact) mass is 443 g/mol. The zero-order valence-electron chi connectivity index (χ0n) is 18.9. The first kappa shape index (κ1) is 22.7. The summed E-state index contributed by atoms with van der Waals surface area (Å²) >= 11 is 0. The fourth-order valence-electron chi connectivity index (χ4n) is 4.87. The minimum atomic E-state index is -0.882. The lowest BCUT2D eigenvalue weighted by atomic mass is 9.95. The second-order valence-corrected chi connectivity index (χ2v) is 9.17.